The molecule has 0 radical (unpaired) electrons. The number of hydrogen-bond acceptors (Lipinski definition) is 3. The molecule has 1 saturated carbocycles. The third kappa shape index (κ3) is 4.42. The molecule has 1 saturated heterocycles. The van der Waals surface area contributed by atoms with Crippen molar-refractivity contribution < 1.29 is 9.53 Å². The summed E-state index contributed by atoms with van der Waals surface area (Å²) in [5, 5.41) is 3.27. The monoisotopic (exact) mass is 344 g/mol. The smallest absolute Gasteiger partial charge is 0.230 e. The number of methoxy groups -OCH3 is 1. The average molecular weight is 344 g/mol. The van der Waals surface area contributed by atoms with Crippen LogP contribution in [0.4, 0.5) is 0 Å². The van der Waals surface area contributed by atoms with Crippen LogP contribution in [0.15, 0.2) is 18.2 Å². The minimum atomic E-state index is -0.254. The number of rotatable bonds is 7. The number of likely N-dealkylation sites (tertiary alicyclic amines) is 1. The Bertz CT molecular complexity index is 582. The van der Waals surface area contributed by atoms with Crippen LogP contribution in [0, 0.1) is 19.8 Å². The van der Waals surface area contributed by atoms with E-state index in [1.165, 1.54) is 29.5 Å². The standard InChI is InChI=1S/C21H32N2O2/c1-16-12-17(2)14-19(13-16)21(6-7-21)20(24)22-15-18-4-8-23(9-5-18)10-11-25-3/h12-14,18H,4-11,15H2,1-3H3,(H,22,24). The molecule has 3 rings (SSSR count). The second-order valence-electron chi connectivity index (χ2n) is 7.95. The zero-order valence-corrected chi connectivity index (χ0v) is 15.9. The summed E-state index contributed by atoms with van der Waals surface area (Å²) < 4.78 is 5.15. The highest BCUT2D eigenvalue weighted by Gasteiger charge is 2.51. The van der Waals surface area contributed by atoms with E-state index in [4.69, 9.17) is 4.74 Å². The highest BCUT2D eigenvalue weighted by atomic mass is 16.5. The Labute approximate surface area is 151 Å². The average Bonchev–Trinajstić information content (AvgIpc) is 3.40. The van der Waals surface area contributed by atoms with Crippen molar-refractivity contribution in [1.82, 2.24) is 10.2 Å². The third-order valence-electron chi connectivity index (χ3n) is 5.83. The lowest BCUT2D eigenvalue weighted by atomic mass is 9.91. The third-order valence-corrected chi connectivity index (χ3v) is 5.83. The summed E-state index contributed by atoms with van der Waals surface area (Å²) >= 11 is 0. The van der Waals surface area contributed by atoms with E-state index < -0.39 is 0 Å². The normalized spacial score (nSPS) is 20.4. The predicted octanol–water partition coefficient (Wildman–Crippen LogP) is 2.81. The fraction of sp³-hybridized carbons (Fsp3) is 0.667. The summed E-state index contributed by atoms with van der Waals surface area (Å²) in [6.07, 6.45) is 4.30. The molecule has 2 fully saturated rings. The number of hydrogen-bond donors (Lipinski definition) is 1. The van der Waals surface area contributed by atoms with E-state index in [9.17, 15) is 4.79 Å². The number of benzene rings is 1. The summed E-state index contributed by atoms with van der Waals surface area (Å²) in [7, 11) is 1.76. The van der Waals surface area contributed by atoms with Crippen molar-refractivity contribution in [3.05, 3.63) is 34.9 Å². The lowest BCUT2D eigenvalue weighted by Crippen LogP contribution is -2.42. The van der Waals surface area contributed by atoms with Gasteiger partial charge in [0.05, 0.1) is 12.0 Å². The van der Waals surface area contributed by atoms with Crippen molar-refractivity contribution >= 4 is 5.91 Å². The van der Waals surface area contributed by atoms with E-state index in [1.807, 2.05) is 0 Å². The van der Waals surface area contributed by atoms with E-state index >= 15 is 0 Å². The minimum Gasteiger partial charge on any atom is -0.383 e. The molecule has 0 bridgehead atoms. The molecule has 1 N–H and O–H groups in total. The molecule has 1 amide bonds. The maximum absolute atomic E-state index is 12.9. The first kappa shape index (κ1) is 18.4. The van der Waals surface area contributed by atoms with Gasteiger partial charge in [-0.25, -0.2) is 0 Å². The molecule has 4 heteroatoms. The largest absolute Gasteiger partial charge is 0.383 e. The molecular weight excluding hydrogens is 312 g/mol. The Hall–Kier alpha value is -1.39. The van der Waals surface area contributed by atoms with Gasteiger partial charge in [0.25, 0.3) is 0 Å². The van der Waals surface area contributed by atoms with Crippen LogP contribution in [0.5, 0.6) is 0 Å². The summed E-state index contributed by atoms with van der Waals surface area (Å²) in [5.41, 5.74) is 3.45. The van der Waals surface area contributed by atoms with Gasteiger partial charge in [0.1, 0.15) is 0 Å². The number of nitrogens with one attached hydrogen (secondary N) is 1. The Morgan fingerprint density at radius 2 is 1.84 bits per heavy atom. The van der Waals surface area contributed by atoms with Gasteiger partial charge in [-0.15, -0.1) is 0 Å². The van der Waals surface area contributed by atoms with Gasteiger partial charge < -0.3 is 15.0 Å². The fourth-order valence-electron chi connectivity index (χ4n) is 4.06. The molecule has 0 unspecified atom stereocenters. The molecule has 4 nitrogen and oxygen atoms in total. The number of aryl methyl sites for hydroxylation is 2. The van der Waals surface area contributed by atoms with Gasteiger partial charge in [0.15, 0.2) is 0 Å². The Morgan fingerprint density at radius 3 is 2.40 bits per heavy atom. The summed E-state index contributed by atoms with van der Waals surface area (Å²) in [5.74, 6) is 0.845. The second-order valence-corrected chi connectivity index (χ2v) is 7.95. The van der Waals surface area contributed by atoms with Crippen molar-refractivity contribution in [2.24, 2.45) is 5.92 Å². The van der Waals surface area contributed by atoms with Gasteiger partial charge in [-0.05, 0) is 64.1 Å². The van der Waals surface area contributed by atoms with Crippen LogP contribution in [-0.2, 0) is 14.9 Å². The van der Waals surface area contributed by atoms with Crippen molar-refractivity contribution in [1.29, 1.82) is 0 Å². The van der Waals surface area contributed by atoms with E-state index in [2.05, 4.69) is 42.3 Å². The SMILES string of the molecule is COCCN1CCC(CNC(=O)C2(c3cc(C)cc(C)c3)CC2)CC1. The van der Waals surface area contributed by atoms with E-state index in [0.29, 0.717) is 5.92 Å². The van der Waals surface area contributed by atoms with Crippen LogP contribution in [-0.4, -0.2) is 50.7 Å². The molecule has 1 aliphatic carbocycles. The molecule has 25 heavy (non-hydrogen) atoms. The highest BCUT2D eigenvalue weighted by Crippen LogP contribution is 2.48. The van der Waals surface area contributed by atoms with Gasteiger partial charge in [0.2, 0.25) is 5.91 Å². The molecule has 0 atom stereocenters. The zero-order chi connectivity index (χ0) is 17.9. The summed E-state index contributed by atoms with van der Waals surface area (Å²) in [4.78, 5) is 15.3. The van der Waals surface area contributed by atoms with Gasteiger partial charge in [-0.3, -0.25) is 4.79 Å². The van der Waals surface area contributed by atoms with E-state index in [1.54, 1.807) is 7.11 Å². The van der Waals surface area contributed by atoms with E-state index in [-0.39, 0.29) is 11.3 Å². The quantitative estimate of drug-likeness (QED) is 0.827. The number of amides is 1. The Kier molecular flexibility index (Phi) is 5.80. The number of nitrogens with zero attached hydrogens (tertiary/aromatic N) is 1. The van der Waals surface area contributed by atoms with Crippen LogP contribution in [0.2, 0.25) is 0 Å². The number of ether oxygens (including phenoxy) is 1. The van der Waals surface area contributed by atoms with Gasteiger partial charge in [0, 0.05) is 20.2 Å². The van der Waals surface area contributed by atoms with Gasteiger partial charge in [-0.2, -0.15) is 0 Å². The van der Waals surface area contributed by atoms with Gasteiger partial charge in [-0.1, -0.05) is 29.3 Å². The molecule has 0 spiro atoms. The number of carbonyl (C=O) groups excluding carboxylic acids is 1. The van der Waals surface area contributed by atoms with Crippen LogP contribution in [0.25, 0.3) is 0 Å². The topological polar surface area (TPSA) is 41.6 Å². The highest BCUT2D eigenvalue weighted by molar-refractivity contribution is 5.91. The number of piperidine rings is 1. The zero-order valence-electron chi connectivity index (χ0n) is 15.9. The fourth-order valence-corrected chi connectivity index (χ4v) is 4.06. The Balaban J connectivity index is 1.50. The molecule has 1 aromatic rings. The molecule has 2 aliphatic rings. The van der Waals surface area contributed by atoms with Crippen LogP contribution in [0.1, 0.15) is 42.4 Å². The van der Waals surface area contributed by atoms with E-state index in [0.717, 1.165) is 45.6 Å². The maximum atomic E-state index is 12.9. The van der Waals surface area contributed by atoms with Crippen LogP contribution in [0.3, 0.4) is 0 Å². The predicted molar refractivity (Wildman–Crippen MR) is 101 cm³/mol. The molecular formula is C21H32N2O2. The van der Waals surface area contributed by atoms with Crippen molar-refractivity contribution in [3.63, 3.8) is 0 Å². The minimum absolute atomic E-state index is 0.235. The molecule has 0 aromatic heterocycles. The van der Waals surface area contributed by atoms with Crippen LogP contribution < -0.4 is 5.32 Å². The summed E-state index contributed by atoms with van der Waals surface area (Å²) in [6.45, 7) is 9.11. The molecule has 1 heterocycles. The first-order valence-corrected chi connectivity index (χ1v) is 9.62. The van der Waals surface area contributed by atoms with Gasteiger partial charge >= 0.3 is 0 Å². The van der Waals surface area contributed by atoms with Crippen LogP contribution >= 0.6 is 0 Å². The van der Waals surface area contributed by atoms with Crippen molar-refractivity contribution in [2.45, 2.75) is 44.9 Å². The lowest BCUT2D eigenvalue weighted by molar-refractivity contribution is -0.123. The lowest BCUT2D eigenvalue weighted by Gasteiger charge is -2.32. The first-order valence-electron chi connectivity index (χ1n) is 9.62. The molecule has 138 valence electrons. The molecule has 1 aromatic carbocycles. The van der Waals surface area contributed by atoms with Crippen molar-refractivity contribution in [2.75, 3.05) is 39.9 Å². The van der Waals surface area contributed by atoms with Crippen molar-refractivity contribution in [3.8, 4) is 0 Å². The maximum Gasteiger partial charge on any atom is 0.230 e. The summed E-state index contributed by atoms with van der Waals surface area (Å²) in [6, 6.07) is 6.55. The molecule has 1 aliphatic heterocycles. The Morgan fingerprint density at radius 1 is 1.20 bits per heavy atom. The first-order chi connectivity index (χ1) is 12.0. The second kappa shape index (κ2) is 7.88. The number of carbonyl (C=O) groups is 1.